The van der Waals surface area contributed by atoms with Gasteiger partial charge in [-0.3, -0.25) is 14.4 Å². The Morgan fingerprint density at radius 1 is 0.323 bits per heavy atom. The van der Waals surface area contributed by atoms with Crippen molar-refractivity contribution in [1.82, 2.24) is 0 Å². The van der Waals surface area contributed by atoms with Crippen LogP contribution in [0.5, 0.6) is 0 Å². The molecule has 0 radical (unpaired) electrons. The Bertz CT molecular complexity index is 1360. The Kier molecular flexibility index (Phi) is 49.5. The van der Waals surface area contributed by atoms with Gasteiger partial charge in [0.15, 0.2) is 6.10 Å². The van der Waals surface area contributed by atoms with Crippen molar-refractivity contribution < 1.29 is 28.6 Å². The van der Waals surface area contributed by atoms with E-state index in [9.17, 15) is 14.4 Å². The van der Waals surface area contributed by atoms with Crippen molar-refractivity contribution in [2.75, 3.05) is 13.2 Å². The van der Waals surface area contributed by atoms with Crippen LogP contribution in [-0.2, 0) is 28.6 Å². The summed E-state index contributed by atoms with van der Waals surface area (Å²) in [6, 6.07) is 0. The van der Waals surface area contributed by atoms with Gasteiger partial charge < -0.3 is 14.2 Å². The van der Waals surface area contributed by atoms with Gasteiger partial charge in [-0.2, -0.15) is 0 Å². The van der Waals surface area contributed by atoms with E-state index in [1.807, 2.05) is 0 Å². The lowest BCUT2D eigenvalue weighted by molar-refractivity contribution is -0.167. The lowest BCUT2D eigenvalue weighted by Gasteiger charge is -2.18. The molecule has 0 fully saturated rings. The summed E-state index contributed by atoms with van der Waals surface area (Å²) < 4.78 is 16.8. The van der Waals surface area contributed by atoms with Gasteiger partial charge >= 0.3 is 17.9 Å². The zero-order valence-electron chi connectivity index (χ0n) is 42.0. The highest BCUT2D eigenvalue weighted by Gasteiger charge is 2.19. The van der Waals surface area contributed by atoms with E-state index in [0.717, 1.165) is 161 Å². The Labute approximate surface area is 400 Å². The topological polar surface area (TPSA) is 78.9 Å². The SMILES string of the molecule is CC/C=C\C/C=C\C/C=C\C/C=C\CCCCCCC(=O)O[C@H](COC(=O)CCCCCCC/C=C\C/C=C\C/C=C\CC)COC(=O)CCCCCCC/C=C\C/C=C\CCCCC. The standard InChI is InChI=1S/C59H96O6/c1-4-7-10-13-16-19-22-25-28-29-32-35-38-41-44-47-50-53-59(62)65-56(54-63-57(60)51-48-45-42-39-36-33-30-26-23-20-17-14-11-8-5-2)55-64-58(61)52-49-46-43-40-37-34-31-27-24-21-18-15-12-9-6-3/h7-8,10-11,16-21,25-28,30-32,35,56H,4-6,9,12-15,22-24,29,33-34,36-55H2,1-3H3/b10-7-,11-8-,19-16-,20-17-,21-18-,28-25-,30-26-,31-27-,35-32-/t56-/m1/s1. The Balaban J connectivity index is 4.51. The van der Waals surface area contributed by atoms with Crippen molar-refractivity contribution in [2.45, 2.75) is 232 Å². The first-order valence-corrected chi connectivity index (χ1v) is 26.4. The van der Waals surface area contributed by atoms with Gasteiger partial charge in [-0.1, -0.05) is 194 Å². The van der Waals surface area contributed by atoms with E-state index in [0.29, 0.717) is 12.8 Å². The maximum Gasteiger partial charge on any atom is 0.306 e. The number of hydrogen-bond acceptors (Lipinski definition) is 6. The zero-order chi connectivity index (χ0) is 47.2. The highest BCUT2D eigenvalue weighted by Crippen LogP contribution is 2.13. The third kappa shape index (κ3) is 50.9. The Morgan fingerprint density at radius 3 is 0.938 bits per heavy atom. The molecule has 6 nitrogen and oxygen atoms in total. The summed E-state index contributed by atoms with van der Waals surface area (Å²) in [5.41, 5.74) is 0. The monoisotopic (exact) mass is 901 g/mol. The second-order valence-corrected chi connectivity index (χ2v) is 17.0. The Morgan fingerprint density at radius 2 is 0.600 bits per heavy atom. The molecule has 0 aromatic rings. The second-order valence-electron chi connectivity index (χ2n) is 17.0. The van der Waals surface area contributed by atoms with Crippen LogP contribution in [0.4, 0.5) is 0 Å². The van der Waals surface area contributed by atoms with Gasteiger partial charge in [-0.25, -0.2) is 0 Å². The molecule has 0 bridgehead atoms. The van der Waals surface area contributed by atoms with Crippen LogP contribution in [0.3, 0.4) is 0 Å². The highest BCUT2D eigenvalue weighted by atomic mass is 16.6. The molecule has 0 aliphatic heterocycles. The largest absolute Gasteiger partial charge is 0.462 e. The van der Waals surface area contributed by atoms with E-state index in [2.05, 4.69) is 130 Å². The average molecular weight is 901 g/mol. The maximum atomic E-state index is 12.8. The number of allylic oxidation sites excluding steroid dienone is 18. The van der Waals surface area contributed by atoms with Crippen LogP contribution in [0.25, 0.3) is 0 Å². The first kappa shape index (κ1) is 61.1. The fourth-order valence-corrected chi connectivity index (χ4v) is 6.83. The Hall–Kier alpha value is -3.93. The highest BCUT2D eigenvalue weighted by molar-refractivity contribution is 5.71. The van der Waals surface area contributed by atoms with Crippen molar-refractivity contribution in [2.24, 2.45) is 0 Å². The summed E-state index contributed by atoms with van der Waals surface area (Å²) in [5, 5.41) is 0. The normalized spacial score (nSPS) is 13.0. The van der Waals surface area contributed by atoms with Crippen molar-refractivity contribution in [1.29, 1.82) is 0 Å². The third-order valence-electron chi connectivity index (χ3n) is 10.7. The van der Waals surface area contributed by atoms with Crippen LogP contribution in [-0.4, -0.2) is 37.2 Å². The average Bonchev–Trinajstić information content (AvgIpc) is 3.30. The molecule has 368 valence electrons. The summed E-state index contributed by atoms with van der Waals surface area (Å²) in [6.45, 7) is 6.33. The second kappa shape index (κ2) is 52.7. The van der Waals surface area contributed by atoms with Gasteiger partial charge in [0.25, 0.3) is 0 Å². The van der Waals surface area contributed by atoms with Crippen molar-refractivity contribution >= 4 is 17.9 Å². The van der Waals surface area contributed by atoms with E-state index in [4.69, 9.17) is 14.2 Å². The number of carbonyl (C=O) groups is 3. The van der Waals surface area contributed by atoms with Crippen LogP contribution in [0.15, 0.2) is 109 Å². The van der Waals surface area contributed by atoms with Crippen molar-refractivity contribution in [3.63, 3.8) is 0 Å². The predicted molar refractivity (Wildman–Crippen MR) is 279 cm³/mol. The minimum atomic E-state index is -0.806. The van der Waals surface area contributed by atoms with Crippen LogP contribution in [0.2, 0.25) is 0 Å². The van der Waals surface area contributed by atoms with E-state index in [1.165, 1.54) is 25.7 Å². The predicted octanol–water partition coefficient (Wildman–Crippen LogP) is 17.5. The minimum absolute atomic E-state index is 0.103. The maximum absolute atomic E-state index is 12.8. The molecule has 0 heterocycles. The fraction of sp³-hybridized carbons (Fsp3) is 0.644. The van der Waals surface area contributed by atoms with E-state index in [-0.39, 0.29) is 37.5 Å². The molecule has 0 aromatic carbocycles. The number of carbonyl (C=O) groups excluding carboxylic acids is 3. The first-order valence-electron chi connectivity index (χ1n) is 26.4. The molecule has 0 amide bonds. The summed E-state index contributed by atoms with van der Waals surface area (Å²) in [5.74, 6) is -0.961. The van der Waals surface area contributed by atoms with Gasteiger partial charge in [0.05, 0.1) is 0 Å². The molecular weight excluding hydrogens is 805 g/mol. The smallest absolute Gasteiger partial charge is 0.306 e. The van der Waals surface area contributed by atoms with Gasteiger partial charge in [0, 0.05) is 19.3 Å². The molecule has 0 spiro atoms. The molecule has 0 saturated heterocycles. The van der Waals surface area contributed by atoms with Crippen LogP contribution >= 0.6 is 0 Å². The van der Waals surface area contributed by atoms with E-state index < -0.39 is 6.10 Å². The summed E-state index contributed by atoms with van der Waals surface area (Å²) in [7, 11) is 0. The molecule has 0 aromatic heterocycles. The zero-order valence-corrected chi connectivity index (χ0v) is 42.0. The number of esters is 3. The summed E-state index contributed by atoms with van der Waals surface area (Å²) >= 11 is 0. The molecular formula is C59H96O6. The lowest BCUT2D eigenvalue weighted by atomic mass is 10.1. The van der Waals surface area contributed by atoms with E-state index >= 15 is 0 Å². The quantitative estimate of drug-likeness (QED) is 0.0262. The van der Waals surface area contributed by atoms with Crippen LogP contribution < -0.4 is 0 Å². The van der Waals surface area contributed by atoms with Gasteiger partial charge in [-0.15, -0.1) is 0 Å². The molecule has 0 aliphatic rings. The number of rotatable bonds is 46. The van der Waals surface area contributed by atoms with Crippen LogP contribution in [0, 0.1) is 0 Å². The molecule has 0 aliphatic carbocycles. The summed E-state index contributed by atoms with van der Waals surface area (Å²) in [4.78, 5) is 38.0. The van der Waals surface area contributed by atoms with Crippen molar-refractivity contribution in [3.05, 3.63) is 109 Å². The van der Waals surface area contributed by atoms with Crippen LogP contribution in [0.1, 0.15) is 226 Å². The molecule has 6 heteroatoms. The van der Waals surface area contributed by atoms with Crippen molar-refractivity contribution in [3.8, 4) is 0 Å². The fourth-order valence-electron chi connectivity index (χ4n) is 6.83. The molecule has 0 N–H and O–H groups in total. The molecule has 0 unspecified atom stereocenters. The third-order valence-corrected chi connectivity index (χ3v) is 10.7. The van der Waals surface area contributed by atoms with E-state index in [1.54, 1.807) is 0 Å². The molecule has 0 rings (SSSR count). The molecule has 65 heavy (non-hydrogen) atoms. The first-order chi connectivity index (χ1) is 32.0. The van der Waals surface area contributed by atoms with Gasteiger partial charge in [-0.05, 0) is 122 Å². The molecule has 1 atom stereocenters. The summed E-state index contributed by atoms with van der Waals surface area (Å²) in [6.07, 6.45) is 70.6. The number of hydrogen-bond donors (Lipinski definition) is 0. The molecule has 0 saturated carbocycles. The lowest BCUT2D eigenvalue weighted by Crippen LogP contribution is -2.30. The minimum Gasteiger partial charge on any atom is -0.462 e. The van der Waals surface area contributed by atoms with Gasteiger partial charge in [0.1, 0.15) is 13.2 Å². The number of unbranched alkanes of at least 4 members (excludes halogenated alkanes) is 17. The number of ether oxygens (including phenoxy) is 3. The van der Waals surface area contributed by atoms with Gasteiger partial charge in [0.2, 0.25) is 0 Å².